The summed E-state index contributed by atoms with van der Waals surface area (Å²) in [6.45, 7) is 7.98. The summed E-state index contributed by atoms with van der Waals surface area (Å²) in [6, 6.07) is 0. The highest BCUT2D eigenvalue weighted by Crippen LogP contribution is 2.31. The Morgan fingerprint density at radius 1 is 1.04 bits per heavy atom. The maximum atomic E-state index is 12.7. The molecule has 2 rings (SSSR count). The van der Waals surface area contributed by atoms with E-state index in [2.05, 4.69) is 5.32 Å². The van der Waals surface area contributed by atoms with E-state index in [-0.39, 0.29) is 24.5 Å². The first-order chi connectivity index (χ1) is 11.8. The van der Waals surface area contributed by atoms with Crippen LogP contribution in [0.25, 0.3) is 0 Å². The molecule has 0 atom stereocenters. The number of alkyl carbamates (subject to hydrolysis) is 1. The second-order valence-electron chi connectivity index (χ2n) is 8.55. The van der Waals surface area contributed by atoms with Gasteiger partial charge in [0.15, 0.2) is 0 Å². The van der Waals surface area contributed by atoms with Gasteiger partial charge in [-0.1, -0.05) is 0 Å². The molecule has 0 unspecified atom stereocenters. The topological polar surface area (TPSA) is 78.9 Å². The van der Waals surface area contributed by atoms with Crippen molar-refractivity contribution >= 4 is 12.0 Å². The fourth-order valence-corrected chi connectivity index (χ4v) is 3.75. The molecular formula is C19H34N2O4. The van der Waals surface area contributed by atoms with E-state index < -0.39 is 5.60 Å². The van der Waals surface area contributed by atoms with Gasteiger partial charge >= 0.3 is 6.09 Å². The van der Waals surface area contributed by atoms with E-state index in [1.165, 1.54) is 0 Å². The van der Waals surface area contributed by atoms with Crippen molar-refractivity contribution in [2.75, 3.05) is 26.2 Å². The molecule has 0 radical (unpaired) electrons. The second kappa shape index (κ2) is 8.88. The summed E-state index contributed by atoms with van der Waals surface area (Å²) in [7, 11) is 0. The lowest BCUT2D eigenvalue weighted by atomic mass is 9.81. The molecule has 1 heterocycles. The van der Waals surface area contributed by atoms with Crippen molar-refractivity contribution < 1.29 is 19.4 Å². The van der Waals surface area contributed by atoms with Crippen molar-refractivity contribution in [3.05, 3.63) is 0 Å². The van der Waals surface area contributed by atoms with E-state index >= 15 is 0 Å². The molecule has 2 aliphatic rings. The van der Waals surface area contributed by atoms with Crippen molar-refractivity contribution in [3.8, 4) is 0 Å². The number of likely N-dealkylation sites (tertiary alicyclic amines) is 1. The molecule has 2 amide bonds. The molecule has 1 saturated carbocycles. The van der Waals surface area contributed by atoms with E-state index in [1.807, 2.05) is 25.7 Å². The Balaban J connectivity index is 1.67. The van der Waals surface area contributed by atoms with Gasteiger partial charge in [0.05, 0.1) is 0 Å². The Morgan fingerprint density at radius 3 is 2.16 bits per heavy atom. The third-order valence-electron chi connectivity index (χ3n) is 5.31. The molecular weight excluding hydrogens is 320 g/mol. The standard InChI is InChI=1S/C19H34N2O4/c1-19(2,3)25-18(24)20-12-14-4-6-16(7-5-14)17(23)21-10-8-15(13-22)9-11-21/h14-16,22H,4-13H2,1-3H3,(H,20,24). The number of nitrogens with zero attached hydrogens (tertiary/aromatic N) is 1. The SMILES string of the molecule is CC(C)(C)OC(=O)NCC1CCC(C(=O)N2CCC(CO)CC2)CC1. The number of aliphatic hydroxyl groups is 1. The summed E-state index contributed by atoms with van der Waals surface area (Å²) in [5, 5.41) is 12.1. The van der Waals surface area contributed by atoms with Crippen LogP contribution in [0.4, 0.5) is 4.79 Å². The molecule has 1 aliphatic heterocycles. The molecule has 0 aromatic carbocycles. The lowest BCUT2D eigenvalue weighted by Crippen LogP contribution is -2.43. The van der Waals surface area contributed by atoms with Crippen LogP contribution in [0.15, 0.2) is 0 Å². The van der Waals surface area contributed by atoms with Gasteiger partial charge in [-0.2, -0.15) is 0 Å². The van der Waals surface area contributed by atoms with Crippen LogP contribution in [0.2, 0.25) is 0 Å². The molecule has 144 valence electrons. The Labute approximate surface area is 151 Å². The minimum Gasteiger partial charge on any atom is -0.444 e. The predicted molar refractivity (Wildman–Crippen MR) is 96.1 cm³/mol. The molecule has 0 spiro atoms. The van der Waals surface area contributed by atoms with Crippen LogP contribution in [0.3, 0.4) is 0 Å². The van der Waals surface area contributed by atoms with Crippen LogP contribution in [0.5, 0.6) is 0 Å². The lowest BCUT2D eigenvalue weighted by molar-refractivity contribution is -0.138. The highest BCUT2D eigenvalue weighted by Gasteiger charge is 2.31. The number of nitrogens with one attached hydrogen (secondary N) is 1. The first-order valence-corrected chi connectivity index (χ1v) is 9.65. The van der Waals surface area contributed by atoms with Crippen LogP contribution in [-0.2, 0) is 9.53 Å². The monoisotopic (exact) mass is 354 g/mol. The van der Waals surface area contributed by atoms with Gasteiger partial charge in [0.25, 0.3) is 0 Å². The third kappa shape index (κ3) is 6.49. The summed E-state index contributed by atoms with van der Waals surface area (Å²) >= 11 is 0. The number of piperidine rings is 1. The van der Waals surface area contributed by atoms with Gasteiger partial charge in [-0.15, -0.1) is 0 Å². The zero-order valence-electron chi connectivity index (χ0n) is 15.9. The van der Waals surface area contributed by atoms with Crippen LogP contribution >= 0.6 is 0 Å². The van der Waals surface area contributed by atoms with Gasteiger partial charge in [0.2, 0.25) is 5.91 Å². The highest BCUT2D eigenvalue weighted by molar-refractivity contribution is 5.79. The minimum atomic E-state index is -0.475. The lowest BCUT2D eigenvalue weighted by Gasteiger charge is -2.36. The van der Waals surface area contributed by atoms with Crippen molar-refractivity contribution in [3.63, 3.8) is 0 Å². The van der Waals surface area contributed by atoms with Crippen molar-refractivity contribution in [2.45, 2.75) is 64.9 Å². The number of ether oxygens (including phenoxy) is 1. The normalized spacial score (nSPS) is 25.5. The summed E-state index contributed by atoms with van der Waals surface area (Å²) < 4.78 is 5.26. The zero-order valence-corrected chi connectivity index (χ0v) is 15.9. The molecule has 2 fully saturated rings. The molecule has 6 heteroatoms. The highest BCUT2D eigenvalue weighted by atomic mass is 16.6. The minimum absolute atomic E-state index is 0.128. The Bertz CT molecular complexity index is 445. The maximum absolute atomic E-state index is 12.7. The quantitative estimate of drug-likeness (QED) is 0.813. The average Bonchev–Trinajstić information content (AvgIpc) is 2.58. The molecule has 0 bridgehead atoms. The van der Waals surface area contributed by atoms with E-state index in [0.717, 1.165) is 51.6 Å². The summed E-state index contributed by atoms with van der Waals surface area (Å²) in [5.41, 5.74) is -0.475. The molecule has 0 aromatic rings. The number of rotatable bonds is 4. The first kappa shape index (κ1) is 20.0. The first-order valence-electron chi connectivity index (χ1n) is 9.65. The smallest absolute Gasteiger partial charge is 0.407 e. The Kier molecular flexibility index (Phi) is 7.11. The molecule has 0 aromatic heterocycles. The Morgan fingerprint density at radius 2 is 1.64 bits per heavy atom. The fourth-order valence-electron chi connectivity index (χ4n) is 3.75. The molecule has 6 nitrogen and oxygen atoms in total. The van der Waals surface area contributed by atoms with Gasteiger partial charge in [0.1, 0.15) is 5.60 Å². The summed E-state index contributed by atoms with van der Waals surface area (Å²) in [6.07, 6.45) is 5.21. The van der Waals surface area contributed by atoms with E-state index in [0.29, 0.717) is 18.4 Å². The van der Waals surface area contributed by atoms with Gasteiger partial charge in [-0.05, 0) is 71.1 Å². The number of carbonyl (C=O) groups excluding carboxylic acids is 2. The van der Waals surface area contributed by atoms with E-state index in [4.69, 9.17) is 4.74 Å². The second-order valence-corrected chi connectivity index (χ2v) is 8.55. The van der Waals surface area contributed by atoms with Gasteiger partial charge in [0, 0.05) is 32.2 Å². The van der Waals surface area contributed by atoms with Crippen LogP contribution in [-0.4, -0.2) is 53.8 Å². The third-order valence-corrected chi connectivity index (χ3v) is 5.31. The Hall–Kier alpha value is -1.30. The van der Waals surface area contributed by atoms with Gasteiger partial charge in [-0.3, -0.25) is 4.79 Å². The van der Waals surface area contributed by atoms with Crippen molar-refractivity contribution in [1.29, 1.82) is 0 Å². The number of hydrogen-bond acceptors (Lipinski definition) is 4. The largest absolute Gasteiger partial charge is 0.444 e. The number of carbonyl (C=O) groups is 2. The number of amides is 2. The van der Waals surface area contributed by atoms with Gasteiger partial charge in [-0.25, -0.2) is 4.79 Å². The molecule has 2 N–H and O–H groups in total. The maximum Gasteiger partial charge on any atom is 0.407 e. The van der Waals surface area contributed by atoms with Gasteiger partial charge < -0.3 is 20.1 Å². The van der Waals surface area contributed by atoms with E-state index in [1.54, 1.807) is 0 Å². The summed E-state index contributed by atoms with van der Waals surface area (Å²) in [5.74, 6) is 1.20. The van der Waals surface area contributed by atoms with Crippen LogP contribution in [0.1, 0.15) is 59.3 Å². The van der Waals surface area contributed by atoms with Crippen molar-refractivity contribution in [1.82, 2.24) is 10.2 Å². The molecule has 1 aliphatic carbocycles. The van der Waals surface area contributed by atoms with Crippen LogP contribution < -0.4 is 5.32 Å². The van der Waals surface area contributed by atoms with E-state index in [9.17, 15) is 14.7 Å². The summed E-state index contributed by atoms with van der Waals surface area (Å²) in [4.78, 5) is 26.4. The fraction of sp³-hybridized carbons (Fsp3) is 0.895. The van der Waals surface area contributed by atoms with Crippen LogP contribution in [0, 0.1) is 17.8 Å². The average molecular weight is 354 g/mol. The van der Waals surface area contributed by atoms with Crippen molar-refractivity contribution in [2.24, 2.45) is 17.8 Å². The number of aliphatic hydroxyl groups excluding tert-OH is 1. The number of hydrogen-bond donors (Lipinski definition) is 2. The predicted octanol–water partition coefficient (Wildman–Crippen LogP) is 2.55. The molecule has 25 heavy (non-hydrogen) atoms. The zero-order chi connectivity index (χ0) is 18.4. The molecule has 1 saturated heterocycles.